The van der Waals surface area contributed by atoms with Gasteiger partial charge in [-0.3, -0.25) is 4.79 Å². The van der Waals surface area contributed by atoms with E-state index in [1.807, 2.05) is 18.2 Å². The number of aromatic nitrogens is 1. The lowest BCUT2D eigenvalue weighted by atomic mass is 10.2. The molecule has 0 fully saturated rings. The molecule has 0 saturated carbocycles. The smallest absolute Gasteiger partial charge is 0.220 e. The highest BCUT2D eigenvalue weighted by Crippen LogP contribution is 2.29. The minimum absolute atomic E-state index is 0.137. The predicted molar refractivity (Wildman–Crippen MR) is 87.7 cm³/mol. The van der Waals surface area contributed by atoms with Crippen LogP contribution in [0.1, 0.15) is 32.1 Å². The Hall–Kier alpha value is -0.720. The SMILES string of the molecule is NCCCCCCNC(=O)CCSSc1ccccn1. The van der Waals surface area contributed by atoms with Crippen LogP contribution in [0.2, 0.25) is 0 Å². The molecule has 1 aromatic heterocycles. The fourth-order valence-electron chi connectivity index (χ4n) is 1.57. The molecule has 0 radical (unpaired) electrons. The van der Waals surface area contributed by atoms with Gasteiger partial charge in [0.25, 0.3) is 0 Å². The lowest BCUT2D eigenvalue weighted by molar-refractivity contribution is -0.120. The highest BCUT2D eigenvalue weighted by molar-refractivity contribution is 8.76. The minimum atomic E-state index is 0.137. The van der Waals surface area contributed by atoms with E-state index in [0.29, 0.717) is 6.42 Å². The number of carbonyl (C=O) groups excluding carboxylic acids is 1. The van der Waals surface area contributed by atoms with E-state index in [-0.39, 0.29) is 5.91 Å². The molecule has 0 spiro atoms. The number of hydrogen-bond acceptors (Lipinski definition) is 5. The van der Waals surface area contributed by atoms with Gasteiger partial charge in [-0.1, -0.05) is 29.7 Å². The van der Waals surface area contributed by atoms with Crippen molar-refractivity contribution in [2.75, 3.05) is 18.8 Å². The lowest BCUT2D eigenvalue weighted by Gasteiger charge is -2.04. The maximum Gasteiger partial charge on any atom is 0.220 e. The third-order valence-electron chi connectivity index (χ3n) is 2.65. The van der Waals surface area contributed by atoms with Crippen LogP contribution in [0.15, 0.2) is 29.4 Å². The Kier molecular flexibility index (Phi) is 10.4. The Balaban J connectivity index is 1.92. The summed E-state index contributed by atoms with van der Waals surface area (Å²) >= 11 is 0. The molecule has 112 valence electrons. The average Bonchev–Trinajstić information content (AvgIpc) is 2.48. The van der Waals surface area contributed by atoms with Crippen molar-refractivity contribution in [1.82, 2.24) is 10.3 Å². The summed E-state index contributed by atoms with van der Waals surface area (Å²) < 4.78 is 0. The molecular formula is C14H23N3OS2. The first-order valence-electron chi connectivity index (χ1n) is 7.00. The Labute approximate surface area is 129 Å². The van der Waals surface area contributed by atoms with Gasteiger partial charge in [0.2, 0.25) is 5.91 Å². The number of nitrogens with zero attached hydrogens (tertiary/aromatic N) is 1. The summed E-state index contributed by atoms with van der Waals surface area (Å²) in [5, 5.41) is 3.93. The summed E-state index contributed by atoms with van der Waals surface area (Å²) in [7, 11) is 3.28. The normalized spacial score (nSPS) is 10.4. The van der Waals surface area contributed by atoms with Crippen molar-refractivity contribution in [2.24, 2.45) is 5.73 Å². The van der Waals surface area contributed by atoms with Crippen LogP contribution < -0.4 is 11.1 Å². The maximum absolute atomic E-state index is 11.6. The molecule has 1 aromatic rings. The summed E-state index contributed by atoms with van der Waals surface area (Å²) in [4.78, 5) is 15.8. The van der Waals surface area contributed by atoms with Crippen molar-refractivity contribution in [3.63, 3.8) is 0 Å². The molecule has 0 unspecified atom stereocenters. The molecule has 0 aromatic carbocycles. The van der Waals surface area contributed by atoms with Crippen molar-refractivity contribution in [3.05, 3.63) is 24.4 Å². The van der Waals surface area contributed by atoms with Gasteiger partial charge in [0.15, 0.2) is 0 Å². The Bertz CT molecular complexity index is 363. The Morgan fingerprint density at radius 2 is 2.10 bits per heavy atom. The molecule has 1 heterocycles. The van der Waals surface area contributed by atoms with E-state index in [1.165, 1.54) is 0 Å². The van der Waals surface area contributed by atoms with Gasteiger partial charge in [0.1, 0.15) is 5.03 Å². The number of nitrogens with one attached hydrogen (secondary N) is 1. The van der Waals surface area contributed by atoms with E-state index in [0.717, 1.165) is 49.6 Å². The number of pyridine rings is 1. The molecule has 0 atom stereocenters. The van der Waals surface area contributed by atoms with E-state index in [4.69, 9.17) is 5.73 Å². The highest BCUT2D eigenvalue weighted by atomic mass is 33.1. The number of unbranched alkanes of at least 4 members (excludes halogenated alkanes) is 3. The van der Waals surface area contributed by atoms with Crippen LogP contribution in [0.4, 0.5) is 0 Å². The quantitative estimate of drug-likeness (QED) is 0.486. The third kappa shape index (κ3) is 9.23. The summed E-state index contributed by atoms with van der Waals surface area (Å²) in [6, 6.07) is 5.84. The van der Waals surface area contributed by atoms with Crippen LogP contribution in [-0.4, -0.2) is 29.7 Å². The standard InChI is InChI=1S/C14H23N3OS2/c15-9-4-1-2-5-10-16-13(18)8-12-19-20-14-7-3-6-11-17-14/h3,6-7,11H,1-2,4-5,8-10,12,15H2,(H,16,18). The number of amides is 1. The molecule has 3 N–H and O–H groups in total. The van der Waals surface area contributed by atoms with Crippen LogP contribution in [0.3, 0.4) is 0 Å². The Morgan fingerprint density at radius 3 is 2.85 bits per heavy atom. The number of hydrogen-bond donors (Lipinski definition) is 2. The summed E-state index contributed by atoms with van der Waals surface area (Å²) in [6.07, 6.45) is 6.76. The Morgan fingerprint density at radius 1 is 1.25 bits per heavy atom. The fraction of sp³-hybridized carbons (Fsp3) is 0.571. The predicted octanol–water partition coefficient (Wildman–Crippen LogP) is 2.85. The van der Waals surface area contributed by atoms with Crippen molar-refractivity contribution in [2.45, 2.75) is 37.1 Å². The number of rotatable bonds is 11. The highest BCUT2D eigenvalue weighted by Gasteiger charge is 2.01. The van der Waals surface area contributed by atoms with Gasteiger partial charge in [0.05, 0.1) is 0 Å². The average molecular weight is 313 g/mol. The molecule has 0 aliphatic heterocycles. The van der Waals surface area contributed by atoms with Crippen LogP contribution in [0.5, 0.6) is 0 Å². The van der Waals surface area contributed by atoms with Gasteiger partial charge in [0, 0.05) is 24.9 Å². The van der Waals surface area contributed by atoms with Crippen molar-refractivity contribution in [1.29, 1.82) is 0 Å². The third-order valence-corrected chi connectivity index (χ3v) is 4.91. The van der Waals surface area contributed by atoms with E-state index in [2.05, 4.69) is 10.3 Å². The van der Waals surface area contributed by atoms with E-state index < -0.39 is 0 Å². The van der Waals surface area contributed by atoms with Crippen LogP contribution in [0, 0.1) is 0 Å². The van der Waals surface area contributed by atoms with E-state index in [1.54, 1.807) is 27.8 Å². The first kappa shape index (κ1) is 17.3. The zero-order chi connectivity index (χ0) is 14.5. The molecular weight excluding hydrogens is 290 g/mol. The molecule has 0 bridgehead atoms. The molecule has 6 heteroatoms. The second-order valence-electron chi connectivity index (χ2n) is 4.38. The van der Waals surface area contributed by atoms with Gasteiger partial charge in [-0.15, -0.1) is 0 Å². The molecule has 4 nitrogen and oxygen atoms in total. The topological polar surface area (TPSA) is 68.0 Å². The zero-order valence-electron chi connectivity index (χ0n) is 11.7. The van der Waals surface area contributed by atoms with Gasteiger partial charge < -0.3 is 11.1 Å². The lowest BCUT2D eigenvalue weighted by Crippen LogP contribution is -2.24. The minimum Gasteiger partial charge on any atom is -0.356 e. The summed E-state index contributed by atoms with van der Waals surface area (Å²) in [5.74, 6) is 0.943. The molecule has 20 heavy (non-hydrogen) atoms. The second kappa shape index (κ2) is 12.1. The van der Waals surface area contributed by atoms with Gasteiger partial charge in [-0.05, 0) is 42.3 Å². The first-order chi connectivity index (χ1) is 9.83. The largest absolute Gasteiger partial charge is 0.356 e. The molecule has 0 aliphatic rings. The molecule has 0 aliphatic carbocycles. The molecule has 1 amide bonds. The van der Waals surface area contributed by atoms with Crippen LogP contribution >= 0.6 is 21.6 Å². The van der Waals surface area contributed by atoms with Gasteiger partial charge >= 0.3 is 0 Å². The molecule has 1 rings (SSSR count). The van der Waals surface area contributed by atoms with Crippen LogP contribution in [-0.2, 0) is 4.79 Å². The van der Waals surface area contributed by atoms with E-state index >= 15 is 0 Å². The number of carbonyl (C=O) groups is 1. The monoisotopic (exact) mass is 313 g/mol. The first-order valence-corrected chi connectivity index (χ1v) is 9.32. The van der Waals surface area contributed by atoms with Crippen LogP contribution in [0.25, 0.3) is 0 Å². The van der Waals surface area contributed by atoms with Crippen molar-refractivity contribution >= 4 is 27.5 Å². The second-order valence-corrected chi connectivity index (χ2v) is 6.81. The van der Waals surface area contributed by atoms with Crippen molar-refractivity contribution in [3.8, 4) is 0 Å². The van der Waals surface area contributed by atoms with Gasteiger partial charge in [-0.2, -0.15) is 0 Å². The van der Waals surface area contributed by atoms with Crippen molar-refractivity contribution < 1.29 is 4.79 Å². The number of nitrogens with two attached hydrogens (primary N) is 1. The molecule has 0 saturated heterocycles. The van der Waals surface area contributed by atoms with E-state index in [9.17, 15) is 4.79 Å². The fourth-order valence-corrected chi connectivity index (χ4v) is 3.44. The van der Waals surface area contributed by atoms with Gasteiger partial charge in [-0.25, -0.2) is 4.98 Å². The maximum atomic E-state index is 11.6. The summed E-state index contributed by atoms with van der Waals surface area (Å²) in [6.45, 7) is 1.54. The zero-order valence-corrected chi connectivity index (χ0v) is 13.3. The summed E-state index contributed by atoms with van der Waals surface area (Å²) in [5.41, 5.74) is 5.42.